The zero-order chi connectivity index (χ0) is 26.3. The van der Waals surface area contributed by atoms with Gasteiger partial charge in [-0.25, -0.2) is 0 Å². The molecule has 0 nitrogen and oxygen atoms in total. The van der Waals surface area contributed by atoms with Crippen LogP contribution in [0.1, 0.15) is 92.9 Å². The Labute approximate surface area is 239 Å². The molecule has 0 N–H and O–H groups in total. The molecule has 7 rings (SSSR count). The molecule has 0 amide bonds. The van der Waals surface area contributed by atoms with E-state index in [4.69, 9.17) is 0 Å². The van der Waals surface area contributed by atoms with Crippen LogP contribution in [0.5, 0.6) is 0 Å². The molecule has 1 heteroatoms. The maximum Gasteiger partial charge on any atom is 0.0305 e. The average molecular weight is 531 g/mol. The summed E-state index contributed by atoms with van der Waals surface area (Å²) in [4.78, 5) is 3.14. The first-order valence-electron chi connectivity index (χ1n) is 15.3. The van der Waals surface area contributed by atoms with Crippen molar-refractivity contribution >= 4 is 16.9 Å². The van der Waals surface area contributed by atoms with Crippen LogP contribution in [0.3, 0.4) is 0 Å². The molecule has 5 aliphatic rings. The topological polar surface area (TPSA) is 0 Å². The molecule has 0 saturated heterocycles. The predicted molar refractivity (Wildman–Crippen MR) is 168 cm³/mol. The quantitative estimate of drug-likeness (QED) is 0.361. The second kappa shape index (κ2) is 10.1. The van der Waals surface area contributed by atoms with Gasteiger partial charge in [0.1, 0.15) is 0 Å². The van der Waals surface area contributed by atoms with Gasteiger partial charge in [-0.1, -0.05) is 91.9 Å². The van der Waals surface area contributed by atoms with Gasteiger partial charge in [-0.15, -0.1) is 11.3 Å². The van der Waals surface area contributed by atoms with Crippen LogP contribution in [-0.2, 0) is 10.8 Å². The third kappa shape index (κ3) is 4.61. The Morgan fingerprint density at radius 3 is 2.28 bits per heavy atom. The van der Waals surface area contributed by atoms with E-state index in [1.165, 1.54) is 81.1 Å². The molecule has 0 aliphatic heterocycles. The van der Waals surface area contributed by atoms with Crippen molar-refractivity contribution in [2.24, 2.45) is 11.3 Å². The Kier molecular flexibility index (Phi) is 6.55. The second-order valence-electron chi connectivity index (χ2n) is 13.3. The summed E-state index contributed by atoms with van der Waals surface area (Å²) in [5.74, 6) is 0.623. The van der Waals surface area contributed by atoms with E-state index in [1.807, 2.05) is 0 Å². The summed E-state index contributed by atoms with van der Waals surface area (Å²) in [5, 5.41) is 0. The fraction of sp³-hybridized carbons (Fsp3) is 0.421. The highest BCUT2D eigenvalue weighted by atomic mass is 32.1. The van der Waals surface area contributed by atoms with Gasteiger partial charge in [-0.3, -0.25) is 0 Å². The van der Waals surface area contributed by atoms with E-state index in [0.29, 0.717) is 5.92 Å². The number of rotatable bonds is 5. The van der Waals surface area contributed by atoms with E-state index in [9.17, 15) is 0 Å². The molecule has 1 heterocycles. The molecule has 0 spiro atoms. The third-order valence-electron chi connectivity index (χ3n) is 10.4. The Hall–Kier alpha value is -2.64. The molecule has 4 unspecified atom stereocenters. The van der Waals surface area contributed by atoms with E-state index in [-0.39, 0.29) is 16.2 Å². The molecular formula is C38H42S. The molecule has 0 radical (unpaired) electrons. The van der Waals surface area contributed by atoms with E-state index >= 15 is 0 Å². The Morgan fingerprint density at radius 1 is 0.744 bits per heavy atom. The minimum absolute atomic E-state index is 0.184. The van der Waals surface area contributed by atoms with E-state index < -0.39 is 0 Å². The standard InChI is InChI=1S/C38H42S/c1-36(32-18-10-4-11-19-32)26-37(33-20-12-5-13-21-33)24-31(29-14-6-2-7-15-29)25-38(27-36,28-37)35-23-22-34(39-35)30-16-8-3-9-17-30/h3,5-6,8,10,12-16,18-23,31H,2,4,7,9,11,17,24-28H2,1H3. The van der Waals surface area contributed by atoms with Crippen LogP contribution >= 0.6 is 11.3 Å². The summed E-state index contributed by atoms with van der Waals surface area (Å²) in [5.41, 5.74) is 6.88. The predicted octanol–water partition coefficient (Wildman–Crippen LogP) is 10.8. The SMILES string of the molecule is CC1(C2=CCCC=C2)CC2(c3ccccc3)CC(C3=CCCC=C3)CC(c3ccc(C4=CC=CCC4)s3)(C1)C2. The van der Waals surface area contributed by atoms with Crippen LogP contribution in [0, 0.1) is 11.3 Å². The van der Waals surface area contributed by atoms with Gasteiger partial charge in [0.05, 0.1) is 0 Å². The summed E-state index contributed by atoms with van der Waals surface area (Å²) in [7, 11) is 0. The monoisotopic (exact) mass is 530 g/mol. The summed E-state index contributed by atoms with van der Waals surface area (Å²) >= 11 is 2.12. The second-order valence-corrected chi connectivity index (χ2v) is 14.4. The fourth-order valence-corrected chi connectivity index (χ4v) is 10.3. The Morgan fingerprint density at radius 2 is 1.54 bits per heavy atom. The summed E-state index contributed by atoms with van der Waals surface area (Å²) in [6.07, 6.45) is 35.4. The number of benzene rings is 1. The largest absolute Gasteiger partial charge is 0.140 e. The number of allylic oxidation sites excluding steroid dienone is 12. The zero-order valence-electron chi connectivity index (χ0n) is 23.5. The van der Waals surface area contributed by atoms with Crippen LogP contribution in [-0.4, -0.2) is 0 Å². The molecule has 2 fully saturated rings. The first-order chi connectivity index (χ1) is 19.1. The molecule has 4 atom stereocenters. The van der Waals surface area contributed by atoms with Crippen molar-refractivity contribution < 1.29 is 0 Å². The molecule has 2 aromatic rings. The molecule has 2 bridgehead atoms. The van der Waals surface area contributed by atoms with Crippen LogP contribution < -0.4 is 0 Å². The van der Waals surface area contributed by atoms with Crippen molar-refractivity contribution in [3.63, 3.8) is 0 Å². The van der Waals surface area contributed by atoms with Crippen molar-refractivity contribution in [3.05, 3.63) is 124 Å². The van der Waals surface area contributed by atoms with Crippen LogP contribution in [0.15, 0.2) is 108 Å². The summed E-state index contributed by atoms with van der Waals surface area (Å²) < 4.78 is 0. The number of hydrogen-bond donors (Lipinski definition) is 0. The van der Waals surface area contributed by atoms with Gasteiger partial charge < -0.3 is 0 Å². The lowest BCUT2D eigenvalue weighted by Gasteiger charge is -2.61. The third-order valence-corrected chi connectivity index (χ3v) is 11.8. The first kappa shape index (κ1) is 25.3. The summed E-state index contributed by atoms with van der Waals surface area (Å²) in [6, 6.07) is 16.7. The molecular weight excluding hydrogens is 488 g/mol. The molecule has 39 heavy (non-hydrogen) atoms. The lowest BCUT2D eigenvalue weighted by molar-refractivity contribution is 0.0213. The van der Waals surface area contributed by atoms with Gasteiger partial charge in [-0.2, -0.15) is 0 Å². The van der Waals surface area contributed by atoms with Gasteiger partial charge in [-0.05, 0) is 122 Å². The average Bonchev–Trinajstić information content (AvgIpc) is 3.50. The minimum atomic E-state index is 0.184. The maximum atomic E-state index is 2.61. The fourth-order valence-electron chi connectivity index (χ4n) is 9.06. The Bertz CT molecular complexity index is 1410. The van der Waals surface area contributed by atoms with Gasteiger partial charge in [0.2, 0.25) is 0 Å². The van der Waals surface area contributed by atoms with Crippen molar-refractivity contribution in [1.82, 2.24) is 0 Å². The van der Waals surface area contributed by atoms with Crippen molar-refractivity contribution in [2.45, 2.75) is 88.4 Å². The smallest absolute Gasteiger partial charge is 0.0305 e. The van der Waals surface area contributed by atoms with Crippen LogP contribution in [0.2, 0.25) is 0 Å². The highest BCUT2D eigenvalue weighted by Gasteiger charge is 2.59. The van der Waals surface area contributed by atoms with E-state index in [0.717, 1.165) is 0 Å². The molecule has 1 aromatic carbocycles. The number of hydrogen-bond acceptors (Lipinski definition) is 1. The molecule has 5 aliphatic carbocycles. The minimum Gasteiger partial charge on any atom is -0.140 e. The van der Waals surface area contributed by atoms with Crippen molar-refractivity contribution in [3.8, 4) is 0 Å². The van der Waals surface area contributed by atoms with Gasteiger partial charge in [0.15, 0.2) is 0 Å². The Balaban J connectivity index is 1.39. The van der Waals surface area contributed by atoms with Crippen molar-refractivity contribution in [2.75, 3.05) is 0 Å². The molecule has 200 valence electrons. The highest BCUT2D eigenvalue weighted by molar-refractivity contribution is 7.13. The van der Waals surface area contributed by atoms with E-state index in [1.54, 1.807) is 21.6 Å². The lowest BCUT2D eigenvalue weighted by Crippen LogP contribution is -2.55. The van der Waals surface area contributed by atoms with Crippen LogP contribution in [0.4, 0.5) is 0 Å². The normalized spacial score (nSPS) is 33.9. The first-order valence-corrected chi connectivity index (χ1v) is 16.2. The van der Waals surface area contributed by atoms with Crippen molar-refractivity contribution in [1.29, 1.82) is 0 Å². The summed E-state index contributed by atoms with van der Waals surface area (Å²) in [6.45, 7) is 2.61. The lowest BCUT2D eigenvalue weighted by atomic mass is 9.43. The zero-order valence-corrected chi connectivity index (χ0v) is 24.3. The maximum absolute atomic E-state index is 2.61. The van der Waals surface area contributed by atoms with Gasteiger partial charge in [0.25, 0.3) is 0 Å². The van der Waals surface area contributed by atoms with Gasteiger partial charge >= 0.3 is 0 Å². The molecule has 2 saturated carbocycles. The highest BCUT2D eigenvalue weighted by Crippen LogP contribution is 2.67. The number of fused-ring (bicyclic) bond motifs is 2. The number of thiophene rings is 1. The van der Waals surface area contributed by atoms with E-state index in [2.05, 4.69) is 115 Å². The van der Waals surface area contributed by atoms with Gasteiger partial charge in [0, 0.05) is 15.2 Å². The van der Waals surface area contributed by atoms with Crippen LogP contribution in [0.25, 0.3) is 5.57 Å². The molecule has 1 aromatic heterocycles.